The molecule has 1 heterocycles. The minimum Gasteiger partial charge on any atom is -0.435 e. The van der Waals surface area contributed by atoms with Gasteiger partial charge in [-0.3, -0.25) is 4.79 Å². The molecule has 0 bridgehead atoms. The topological polar surface area (TPSA) is 80.9 Å². The van der Waals surface area contributed by atoms with E-state index in [0.717, 1.165) is 0 Å². The second-order valence-corrected chi connectivity index (χ2v) is 5.14. The van der Waals surface area contributed by atoms with Gasteiger partial charge in [-0.2, -0.15) is 0 Å². The number of fused-ring (bicyclic) bond motifs is 1. The molecule has 0 fully saturated rings. The summed E-state index contributed by atoms with van der Waals surface area (Å²) < 4.78 is 18.8. The highest BCUT2D eigenvalue weighted by molar-refractivity contribution is 6.05. The van der Waals surface area contributed by atoms with Gasteiger partial charge in [0, 0.05) is 18.0 Å². The molecule has 126 valence electrons. The molecule has 1 amide bonds. The number of amides is 1. The summed E-state index contributed by atoms with van der Waals surface area (Å²) in [6, 6.07) is 14.0. The van der Waals surface area contributed by atoms with Gasteiger partial charge < -0.3 is 14.6 Å². The zero-order valence-corrected chi connectivity index (χ0v) is 13.2. The standard InChI is InChI=1S/C18H13FN2O4/c1-11(22)25-21-18-15(9-12-5-2-3-8-16(12)24-18)17(23)20-14-7-4-6-13(19)10-14/h2-10H,1H3,(H,20,23). The predicted molar refractivity (Wildman–Crippen MR) is 87.9 cm³/mol. The molecule has 1 aromatic heterocycles. The van der Waals surface area contributed by atoms with E-state index in [9.17, 15) is 14.0 Å². The third kappa shape index (κ3) is 3.89. The van der Waals surface area contributed by atoms with E-state index >= 15 is 0 Å². The van der Waals surface area contributed by atoms with Gasteiger partial charge in [0.15, 0.2) is 0 Å². The maximum absolute atomic E-state index is 13.3. The number of carbonyl (C=O) groups excluding carboxylic acids is 2. The van der Waals surface area contributed by atoms with Crippen molar-refractivity contribution >= 4 is 28.5 Å². The molecule has 0 saturated carbocycles. The average molecular weight is 340 g/mol. The highest BCUT2D eigenvalue weighted by Gasteiger charge is 2.14. The van der Waals surface area contributed by atoms with Crippen molar-refractivity contribution in [2.75, 3.05) is 5.32 Å². The van der Waals surface area contributed by atoms with Crippen molar-refractivity contribution in [3.63, 3.8) is 0 Å². The molecule has 25 heavy (non-hydrogen) atoms. The highest BCUT2D eigenvalue weighted by Crippen LogP contribution is 2.15. The number of hydrogen-bond acceptors (Lipinski definition) is 5. The Morgan fingerprint density at radius 2 is 1.92 bits per heavy atom. The van der Waals surface area contributed by atoms with Crippen molar-refractivity contribution in [3.8, 4) is 0 Å². The number of para-hydroxylation sites is 1. The van der Waals surface area contributed by atoms with Crippen LogP contribution in [0.25, 0.3) is 11.0 Å². The fourth-order valence-electron chi connectivity index (χ4n) is 2.17. The van der Waals surface area contributed by atoms with Gasteiger partial charge in [0.1, 0.15) is 17.0 Å². The lowest BCUT2D eigenvalue weighted by atomic mass is 10.1. The van der Waals surface area contributed by atoms with E-state index in [-0.39, 0.29) is 16.8 Å². The normalized spacial score (nSPS) is 11.4. The fourth-order valence-corrected chi connectivity index (χ4v) is 2.17. The van der Waals surface area contributed by atoms with Crippen LogP contribution in [0, 0.1) is 5.82 Å². The molecule has 0 unspecified atom stereocenters. The van der Waals surface area contributed by atoms with Gasteiger partial charge in [0.05, 0.1) is 0 Å². The zero-order valence-electron chi connectivity index (χ0n) is 13.2. The van der Waals surface area contributed by atoms with Crippen LogP contribution in [0.2, 0.25) is 0 Å². The van der Waals surface area contributed by atoms with Crippen LogP contribution in [-0.2, 0) is 9.63 Å². The number of benzene rings is 2. The predicted octanol–water partition coefficient (Wildman–Crippen LogP) is 3.20. The number of nitrogens with one attached hydrogen (secondary N) is 1. The Hall–Kier alpha value is -3.48. The van der Waals surface area contributed by atoms with Crippen LogP contribution in [0.4, 0.5) is 10.1 Å². The monoisotopic (exact) mass is 340 g/mol. The van der Waals surface area contributed by atoms with Crippen molar-refractivity contribution in [2.24, 2.45) is 5.16 Å². The van der Waals surface area contributed by atoms with Crippen LogP contribution in [0.5, 0.6) is 0 Å². The lowest BCUT2D eigenvalue weighted by Crippen LogP contribution is -2.22. The first-order chi connectivity index (χ1) is 12.0. The summed E-state index contributed by atoms with van der Waals surface area (Å²) >= 11 is 0. The highest BCUT2D eigenvalue weighted by atomic mass is 19.1. The smallest absolute Gasteiger partial charge is 0.332 e. The van der Waals surface area contributed by atoms with E-state index in [1.54, 1.807) is 36.4 Å². The van der Waals surface area contributed by atoms with Gasteiger partial charge in [-0.05, 0) is 35.5 Å². The number of nitrogens with zero attached hydrogens (tertiary/aromatic N) is 1. The van der Waals surface area contributed by atoms with Gasteiger partial charge in [-0.1, -0.05) is 24.3 Å². The molecule has 0 atom stereocenters. The van der Waals surface area contributed by atoms with Crippen molar-refractivity contribution in [2.45, 2.75) is 6.92 Å². The van der Waals surface area contributed by atoms with Crippen LogP contribution < -0.4 is 10.9 Å². The van der Waals surface area contributed by atoms with E-state index < -0.39 is 17.7 Å². The van der Waals surface area contributed by atoms with Gasteiger partial charge in [0.25, 0.3) is 11.5 Å². The lowest BCUT2D eigenvalue weighted by molar-refractivity contribution is -0.141. The van der Waals surface area contributed by atoms with Crippen molar-refractivity contribution in [3.05, 3.63) is 71.5 Å². The quantitative estimate of drug-likeness (QED) is 0.586. The minimum absolute atomic E-state index is 0.0456. The minimum atomic E-state index is -0.653. The van der Waals surface area contributed by atoms with E-state index in [2.05, 4.69) is 15.3 Å². The summed E-state index contributed by atoms with van der Waals surface area (Å²) in [5.74, 6) is -1.71. The number of carbonyl (C=O) groups is 2. The first-order valence-electron chi connectivity index (χ1n) is 7.34. The van der Waals surface area contributed by atoms with Crippen LogP contribution in [0.1, 0.15) is 17.3 Å². The second-order valence-electron chi connectivity index (χ2n) is 5.14. The Kier molecular flexibility index (Phi) is 4.56. The van der Waals surface area contributed by atoms with Gasteiger partial charge in [0.2, 0.25) is 0 Å². The third-order valence-electron chi connectivity index (χ3n) is 3.24. The van der Waals surface area contributed by atoms with E-state index in [0.29, 0.717) is 11.0 Å². The maximum atomic E-state index is 13.3. The van der Waals surface area contributed by atoms with E-state index in [1.165, 1.54) is 25.1 Å². The van der Waals surface area contributed by atoms with Gasteiger partial charge in [-0.15, -0.1) is 0 Å². The van der Waals surface area contributed by atoms with Crippen LogP contribution in [0.3, 0.4) is 0 Å². The molecule has 0 radical (unpaired) electrons. The molecule has 7 heteroatoms. The molecular weight excluding hydrogens is 327 g/mol. The SMILES string of the molecule is CC(=O)ON=c1oc2ccccc2cc1C(=O)Nc1cccc(F)c1. The van der Waals surface area contributed by atoms with Crippen LogP contribution in [0.15, 0.2) is 64.2 Å². The Morgan fingerprint density at radius 1 is 1.12 bits per heavy atom. The average Bonchev–Trinajstić information content (AvgIpc) is 2.59. The van der Waals surface area contributed by atoms with Crippen molar-refractivity contribution < 1.29 is 23.2 Å². The number of halogens is 1. The molecule has 0 aliphatic heterocycles. The number of hydrogen-bond donors (Lipinski definition) is 1. The molecule has 1 N–H and O–H groups in total. The van der Waals surface area contributed by atoms with Gasteiger partial charge >= 0.3 is 5.97 Å². The first-order valence-corrected chi connectivity index (χ1v) is 7.34. The Morgan fingerprint density at radius 3 is 2.68 bits per heavy atom. The van der Waals surface area contributed by atoms with E-state index in [4.69, 9.17) is 4.42 Å². The fraction of sp³-hybridized carbons (Fsp3) is 0.0556. The van der Waals surface area contributed by atoms with Crippen LogP contribution in [-0.4, -0.2) is 11.9 Å². The van der Waals surface area contributed by atoms with Crippen molar-refractivity contribution in [1.29, 1.82) is 0 Å². The molecular formula is C18H13FN2O4. The molecule has 2 aromatic carbocycles. The number of rotatable bonds is 3. The van der Waals surface area contributed by atoms with Crippen LogP contribution >= 0.6 is 0 Å². The maximum Gasteiger partial charge on any atom is 0.332 e. The molecule has 3 rings (SSSR count). The first kappa shape index (κ1) is 16.4. The Labute approximate surface area is 141 Å². The number of anilines is 1. The van der Waals surface area contributed by atoms with Gasteiger partial charge in [-0.25, -0.2) is 9.18 Å². The summed E-state index contributed by atoms with van der Waals surface area (Å²) in [5.41, 5.74) is 0.624. The molecule has 0 spiro atoms. The summed E-state index contributed by atoms with van der Waals surface area (Å²) in [5, 5.41) is 6.80. The Balaban J connectivity index is 2.05. The second kappa shape index (κ2) is 6.96. The summed E-state index contributed by atoms with van der Waals surface area (Å²) in [6.07, 6.45) is 0. The van der Waals surface area contributed by atoms with Crippen molar-refractivity contribution in [1.82, 2.24) is 0 Å². The molecule has 0 saturated heterocycles. The molecule has 6 nitrogen and oxygen atoms in total. The van der Waals surface area contributed by atoms with E-state index in [1.807, 2.05) is 0 Å². The molecule has 3 aromatic rings. The summed E-state index contributed by atoms with van der Waals surface area (Å²) in [6.45, 7) is 1.18. The zero-order chi connectivity index (χ0) is 17.8. The largest absolute Gasteiger partial charge is 0.435 e. The Bertz CT molecular complexity index is 1030. The third-order valence-corrected chi connectivity index (χ3v) is 3.24. The molecule has 0 aliphatic carbocycles. The molecule has 0 aliphatic rings. The lowest BCUT2D eigenvalue weighted by Gasteiger charge is -2.06. The summed E-state index contributed by atoms with van der Waals surface area (Å²) in [7, 11) is 0. The summed E-state index contributed by atoms with van der Waals surface area (Å²) in [4.78, 5) is 28.1.